The Balaban J connectivity index is 2.14. The molecule has 7 heteroatoms. The monoisotopic (exact) mass is 308 g/mol. The minimum absolute atomic E-state index is 0.259. The van der Waals surface area contributed by atoms with Crippen LogP contribution in [0.15, 0.2) is 17.5 Å². The molecule has 1 aromatic carbocycles. The molecule has 0 fully saturated rings. The number of thiazole rings is 1. The number of nitrogens with zero attached hydrogens (tertiary/aromatic N) is 1. The molecule has 2 aromatic rings. The van der Waals surface area contributed by atoms with Gasteiger partial charge >= 0.3 is 0 Å². The number of nitrogen functional groups attached to an aromatic ring is 1. The number of hydrogen-bond donors (Lipinski definition) is 1. The van der Waals surface area contributed by atoms with Gasteiger partial charge in [-0.1, -0.05) is 34.8 Å². The molecule has 17 heavy (non-hydrogen) atoms. The van der Waals surface area contributed by atoms with Crippen LogP contribution in [0.2, 0.25) is 15.1 Å². The molecule has 0 saturated carbocycles. The summed E-state index contributed by atoms with van der Waals surface area (Å²) in [5.41, 5.74) is 6.24. The summed E-state index contributed by atoms with van der Waals surface area (Å²) in [6, 6.07) is 3.14. The van der Waals surface area contributed by atoms with Crippen molar-refractivity contribution in [2.45, 2.75) is 6.61 Å². The van der Waals surface area contributed by atoms with E-state index < -0.39 is 0 Å². The molecular weight excluding hydrogens is 303 g/mol. The highest BCUT2D eigenvalue weighted by molar-refractivity contribution is 7.13. The van der Waals surface area contributed by atoms with E-state index in [1.807, 2.05) is 5.38 Å². The summed E-state index contributed by atoms with van der Waals surface area (Å²) in [6.45, 7) is 0.259. The average molecular weight is 310 g/mol. The van der Waals surface area contributed by atoms with Crippen molar-refractivity contribution >= 4 is 51.3 Å². The van der Waals surface area contributed by atoms with E-state index in [-0.39, 0.29) is 6.61 Å². The highest BCUT2D eigenvalue weighted by Crippen LogP contribution is 2.36. The van der Waals surface area contributed by atoms with Crippen molar-refractivity contribution in [3.8, 4) is 5.75 Å². The number of ether oxygens (including phenoxy) is 1. The van der Waals surface area contributed by atoms with Gasteiger partial charge in [0.15, 0.2) is 10.9 Å². The zero-order chi connectivity index (χ0) is 12.4. The minimum atomic E-state index is 0.259. The topological polar surface area (TPSA) is 48.1 Å². The Hall–Kier alpha value is -0.680. The summed E-state index contributed by atoms with van der Waals surface area (Å²) in [4.78, 5) is 4.06. The Kier molecular flexibility index (Phi) is 3.99. The molecule has 0 aliphatic heterocycles. The number of halogens is 3. The molecule has 0 bridgehead atoms. The van der Waals surface area contributed by atoms with Gasteiger partial charge in [-0.25, -0.2) is 4.98 Å². The van der Waals surface area contributed by atoms with Crippen LogP contribution in [0.4, 0.5) is 5.13 Å². The third-order valence-corrected chi connectivity index (χ3v) is 3.40. The summed E-state index contributed by atoms with van der Waals surface area (Å²) >= 11 is 19.1. The largest absolute Gasteiger partial charge is 0.484 e. The minimum Gasteiger partial charge on any atom is -0.484 e. The van der Waals surface area contributed by atoms with Crippen molar-refractivity contribution in [1.29, 1.82) is 0 Å². The van der Waals surface area contributed by atoms with Gasteiger partial charge in [0, 0.05) is 10.4 Å². The Morgan fingerprint density at radius 1 is 1.24 bits per heavy atom. The number of rotatable bonds is 3. The number of hydrogen-bond acceptors (Lipinski definition) is 4. The molecule has 1 aromatic heterocycles. The van der Waals surface area contributed by atoms with Gasteiger partial charge in [-0.15, -0.1) is 11.3 Å². The van der Waals surface area contributed by atoms with Gasteiger partial charge in [0.25, 0.3) is 0 Å². The van der Waals surface area contributed by atoms with Gasteiger partial charge in [-0.3, -0.25) is 0 Å². The zero-order valence-electron chi connectivity index (χ0n) is 8.41. The molecule has 1 heterocycles. The van der Waals surface area contributed by atoms with Crippen LogP contribution in [0, 0.1) is 0 Å². The molecule has 90 valence electrons. The van der Waals surface area contributed by atoms with Crippen LogP contribution < -0.4 is 10.5 Å². The van der Waals surface area contributed by atoms with Crippen molar-refractivity contribution in [3.63, 3.8) is 0 Å². The van der Waals surface area contributed by atoms with Crippen LogP contribution in [-0.2, 0) is 6.61 Å². The molecule has 0 saturated heterocycles. The lowest BCUT2D eigenvalue weighted by Crippen LogP contribution is -1.97. The van der Waals surface area contributed by atoms with Crippen LogP contribution in [-0.4, -0.2) is 4.98 Å². The lowest BCUT2D eigenvalue weighted by atomic mass is 10.3. The Labute approximate surface area is 117 Å². The van der Waals surface area contributed by atoms with Crippen LogP contribution in [0.1, 0.15) is 5.69 Å². The summed E-state index contributed by atoms with van der Waals surface area (Å²) in [5, 5.41) is 3.51. The van der Waals surface area contributed by atoms with Crippen molar-refractivity contribution in [2.75, 3.05) is 5.73 Å². The molecule has 0 radical (unpaired) electrons. The van der Waals surface area contributed by atoms with Gasteiger partial charge in [0.2, 0.25) is 0 Å². The van der Waals surface area contributed by atoms with Crippen molar-refractivity contribution in [1.82, 2.24) is 4.98 Å². The SMILES string of the molecule is Nc1nc(COc2c(Cl)cc(Cl)cc2Cl)cs1. The molecular formula is C10H7Cl3N2OS. The molecule has 0 aliphatic carbocycles. The molecule has 0 aliphatic rings. The number of nitrogens with two attached hydrogens (primary N) is 1. The van der Waals surface area contributed by atoms with E-state index in [4.69, 9.17) is 45.3 Å². The third kappa shape index (κ3) is 3.16. The average Bonchev–Trinajstić information content (AvgIpc) is 2.62. The first kappa shape index (κ1) is 12.8. The van der Waals surface area contributed by atoms with E-state index in [1.165, 1.54) is 11.3 Å². The standard InChI is InChI=1S/C10H7Cl3N2OS/c11-5-1-7(12)9(8(13)2-5)16-3-6-4-17-10(14)15-6/h1-2,4H,3H2,(H2,14,15). The second-order valence-corrected chi connectivity index (χ2v) is 5.30. The number of aromatic nitrogens is 1. The van der Waals surface area contributed by atoms with Crippen LogP contribution in [0.5, 0.6) is 5.75 Å². The van der Waals surface area contributed by atoms with E-state index in [1.54, 1.807) is 12.1 Å². The Bertz CT molecular complexity index is 521. The Morgan fingerprint density at radius 3 is 2.41 bits per heavy atom. The van der Waals surface area contributed by atoms with E-state index in [0.29, 0.717) is 25.9 Å². The van der Waals surface area contributed by atoms with E-state index in [0.717, 1.165) is 5.69 Å². The fraction of sp³-hybridized carbons (Fsp3) is 0.100. The van der Waals surface area contributed by atoms with Crippen LogP contribution in [0.3, 0.4) is 0 Å². The molecule has 0 spiro atoms. The number of benzene rings is 1. The maximum Gasteiger partial charge on any atom is 0.180 e. The molecule has 0 unspecified atom stereocenters. The fourth-order valence-corrected chi connectivity index (χ4v) is 2.68. The maximum atomic E-state index is 5.97. The zero-order valence-corrected chi connectivity index (χ0v) is 11.5. The first-order valence-electron chi connectivity index (χ1n) is 4.53. The molecule has 3 nitrogen and oxygen atoms in total. The highest BCUT2D eigenvalue weighted by Gasteiger charge is 2.10. The third-order valence-electron chi connectivity index (χ3n) is 1.90. The predicted octanol–water partition coefficient (Wildman–Crippen LogP) is 4.26. The second kappa shape index (κ2) is 5.31. The molecule has 0 amide bonds. The Morgan fingerprint density at radius 2 is 1.88 bits per heavy atom. The summed E-state index contributed by atoms with van der Waals surface area (Å²) < 4.78 is 5.49. The molecule has 2 N–H and O–H groups in total. The first-order valence-corrected chi connectivity index (χ1v) is 6.55. The van der Waals surface area contributed by atoms with Crippen molar-refractivity contribution in [2.24, 2.45) is 0 Å². The quantitative estimate of drug-likeness (QED) is 0.921. The van der Waals surface area contributed by atoms with Gasteiger partial charge in [0.05, 0.1) is 15.7 Å². The summed E-state index contributed by atoms with van der Waals surface area (Å²) in [5.74, 6) is 0.393. The van der Waals surface area contributed by atoms with E-state index in [9.17, 15) is 0 Å². The first-order chi connectivity index (χ1) is 8.06. The molecule has 2 rings (SSSR count). The van der Waals surface area contributed by atoms with Gasteiger partial charge < -0.3 is 10.5 Å². The van der Waals surface area contributed by atoms with E-state index >= 15 is 0 Å². The number of anilines is 1. The normalized spacial score (nSPS) is 10.5. The fourth-order valence-electron chi connectivity index (χ4n) is 1.20. The van der Waals surface area contributed by atoms with Crippen LogP contribution >= 0.6 is 46.1 Å². The molecule has 0 atom stereocenters. The predicted molar refractivity (Wildman–Crippen MR) is 72.3 cm³/mol. The summed E-state index contributed by atoms with van der Waals surface area (Å²) in [6.07, 6.45) is 0. The smallest absolute Gasteiger partial charge is 0.180 e. The highest BCUT2D eigenvalue weighted by atomic mass is 35.5. The second-order valence-electron chi connectivity index (χ2n) is 3.16. The maximum absolute atomic E-state index is 5.97. The van der Waals surface area contributed by atoms with Crippen LogP contribution in [0.25, 0.3) is 0 Å². The van der Waals surface area contributed by atoms with E-state index in [2.05, 4.69) is 4.98 Å². The lowest BCUT2D eigenvalue weighted by Gasteiger charge is -2.08. The lowest BCUT2D eigenvalue weighted by molar-refractivity contribution is 0.302. The van der Waals surface area contributed by atoms with Gasteiger partial charge in [-0.2, -0.15) is 0 Å². The van der Waals surface area contributed by atoms with Gasteiger partial charge in [-0.05, 0) is 12.1 Å². The van der Waals surface area contributed by atoms with Crippen molar-refractivity contribution in [3.05, 3.63) is 38.3 Å². The summed E-state index contributed by atoms with van der Waals surface area (Å²) in [7, 11) is 0. The van der Waals surface area contributed by atoms with Crippen molar-refractivity contribution < 1.29 is 4.74 Å². The van der Waals surface area contributed by atoms with Gasteiger partial charge in [0.1, 0.15) is 6.61 Å².